The molecule has 0 amide bonds. The highest BCUT2D eigenvalue weighted by atomic mass is 16.3. The summed E-state index contributed by atoms with van der Waals surface area (Å²) in [6.45, 7) is 0. The van der Waals surface area contributed by atoms with Gasteiger partial charge in [-0.05, 0) is 120 Å². The Morgan fingerprint density at radius 2 is 0.862 bits per heavy atom. The third kappa shape index (κ3) is 5.12. The number of para-hydroxylation sites is 1. The first-order chi connectivity index (χ1) is 28.7. The van der Waals surface area contributed by atoms with E-state index in [9.17, 15) is 0 Å². The van der Waals surface area contributed by atoms with Gasteiger partial charge in [0.1, 0.15) is 11.2 Å². The van der Waals surface area contributed by atoms with Gasteiger partial charge >= 0.3 is 0 Å². The maximum atomic E-state index is 6.44. The Morgan fingerprint density at radius 3 is 1.69 bits per heavy atom. The van der Waals surface area contributed by atoms with Crippen LogP contribution in [0.1, 0.15) is 0 Å². The number of nitrogens with zero attached hydrogens (tertiary/aromatic N) is 1. The van der Waals surface area contributed by atoms with Gasteiger partial charge < -0.3 is 9.32 Å². The molecule has 270 valence electrons. The van der Waals surface area contributed by atoms with Gasteiger partial charge in [0.25, 0.3) is 0 Å². The predicted molar refractivity (Wildman–Crippen MR) is 247 cm³/mol. The Morgan fingerprint density at radius 1 is 0.276 bits per heavy atom. The van der Waals surface area contributed by atoms with Gasteiger partial charge in [-0.3, -0.25) is 0 Å². The van der Waals surface area contributed by atoms with Gasteiger partial charge in [-0.1, -0.05) is 158 Å². The first-order valence-electron chi connectivity index (χ1n) is 19.9. The van der Waals surface area contributed by atoms with Crippen LogP contribution in [-0.4, -0.2) is 0 Å². The molecule has 0 saturated carbocycles. The van der Waals surface area contributed by atoms with Crippen LogP contribution in [0.4, 0.5) is 17.1 Å². The molecule has 0 bridgehead atoms. The number of furan rings is 1. The minimum absolute atomic E-state index is 0.890. The molecule has 0 aliphatic heterocycles. The maximum Gasteiger partial charge on any atom is 0.136 e. The molecule has 58 heavy (non-hydrogen) atoms. The van der Waals surface area contributed by atoms with Crippen LogP contribution in [0.25, 0.3) is 98.1 Å². The topological polar surface area (TPSA) is 16.4 Å². The molecule has 11 aromatic carbocycles. The first kappa shape index (κ1) is 32.6. The van der Waals surface area contributed by atoms with E-state index in [2.05, 4.69) is 217 Å². The zero-order valence-electron chi connectivity index (χ0n) is 31.6. The van der Waals surface area contributed by atoms with Crippen molar-refractivity contribution < 1.29 is 4.42 Å². The monoisotopic (exact) mass is 737 g/mol. The molecular formula is C56H35NO. The van der Waals surface area contributed by atoms with Crippen molar-refractivity contribution in [2.24, 2.45) is 0 Å². The number of rotatable bonds is 5. The van der Waals surface area contributed by atoms with E-state index in [0.717, 1.165) is 50.1 Å². The molecule has 2 heteroatoms. The van der Waals surface area contributed by atoms with Gasteiger partial charge in [0.15, 0.2) is 0 Å². The number of hydrogen-bond donors (Lipinski definition) is 0. The SMILES string of the molecule is c1ccc(N(c2ccc(-c3cc4ccccc4c4ccccc34)cc2)c2cccc3c2ccc2ccccc23)c(-c2ccc3oc4cc5ccccc5cc4c3c2)c1. The van der Waals surface area contributed by atoms with Crippen LogP contribution in [0.3, 0.4) is 0 Å². The molecule has 0 aliphatic rings. The molecule has 0 N–H and O–H groups in total. The van der Waals surface area contributed by atoms with E-state index < -0.39 is 0 Å². The van der Waals surface area contributed by atoms with E-state index in [-0.39, 0.29) is 0 Å². The Bertz CT molecular complexity index is 3580. The molecule has 2 nitrogen and oxygen atoms in total. The fourth-order valence-electron chi connectivity index (χ4n) is 9.25. The molecule has 0 aliphatic carbocycles. The number of anilines is 3. The van der Waals surface area contributed by atoms with Crippen LogP contribution >= 0.6 is 0 Å². The lowest BCUT2D eigenvalue weighted by Crippen LogP contribution is -2.11. The summed E-state index contributed by atoms with van der Waals surface area (Å²) in [4.78, 5) is 2.44. The van der Waals surface area contributed by atoms with Crippen LogP contribution in [-0.2, 0) is 0 Å². The number of hydrogen-bond acceptors (Lipinski definition) is 2. The fraction of sp³-hybridized carbons (Fsp3) is 0. The summed E-state index contributed by atoms with van der Waals surface area (Å²) in [5.41, 5.74) is 9.80. The van der Waals surface area contributed by atoms with Crippen molar-refractivity contribution in [1.82, 2.24) is 0 Å². The molecule has 12 aromatic rings. The van der Waals surface area contributed by atoms with E-state index >= 15 is 0 Å². The summed E-state index contributed by atoms with van der Waals surface area (Å²) >= 11 is 0. The largest absolute Gasteiger partial charge is 0.456 e. The fourth-order valence-corrected chi connectivity index (χ4v) is 9.25. The third-order valence-electron chi connectivity index (χ3n) is 12.0. The van der Waals surface area contributed by atoms with Crippen molar-refractivity contribution in [1.29, 1.82) is 0 Å². The van der Waals surface area contributed by atoms with Crippen LogP contribution in [0.5, 0.6) is 0 Å². The average Bonchev–Trinajstić information content (AvgIpc) is 3.65. The Labute approximate surface area is 335 Å². The van der Waals surface area contributed by atoms with Gasteiger partial charge in [-0.25, -0.2) is 0 Å². The lowest BCUT2D eigenvalue weighted by atomic mass is 9.93. The van der Waals surface area contributed by atoms with Gasteiger partial charge in [-0.15, -0.1) is 0 Å². The molecule has 1 aromatic heterocycles. The first-order valence-corrected chi connectivity index (χ1v) is 19.9. The lowest BCUT2D eigenvalue weighted by Gasteiger charge is -2.29. The van der Waals surface area contributed by atoms with Gasteiger partial charge in [0.05, 0.1) is 11.4 Å². The number of benzene rings is 11. The van der Waals surface area contributed by atoms with Crippen LogP contribution < -0.4 is 4.90 Å². The second-order valence-electron chi connectivity index (χ2n) is 15.3. The van der Waals surface area contributed by atoms with Crippen molar-refractivity contribution in [2.45, 2.75) is 0 Å². The van der Waals surface area contributed by atoms with Gasteiger partial charge in [0.2, 0.25) is 0 Å². The summed E-state index contributed by atoms with van der Waals surface area (Å²) in [6.07, 6.45) is 0. The highest BCUT2D eigenvalue weighted by molar-refractivity contribution is 6.16. The number of fused-ring (bicyclic) bond motifs is 10. The van der Waals surface area contributed by atoms with Gasteiger partial charge in [0, 0.05) is 27.4 Å². The minimum Gasteiger partial charge on any atom is -0.456 e. The quantitative estimate of drug-likeness (QED) is 0.164. The zero-order chi connectivity index (χ0) is 38.2. The third-order valence-corrected chi connectivity index (χ3v) is 12.0. The van der Waals surface area contributed by atoms with E-state index in [4.69, 9.17) is 4.42 Å². The predicted octanol–water partition coefficient (Wildman–Crippen LogP) is 16.2. The molecular weight excluding hydrogens is 703 g/mol. The van der Waals surface area contributed by atoms with Crippen molar-refractivity contribution in [2.75, 3.05) is 4.90 Å². The van der Waals surface area contributed by atoms with Gasteiger partial charge in [-0.2, -0.15) is 0 Å². The van der Waals surface area contributed by atoms with Crippen LogP contribution in [0.15, 0.2) is 217 Å². The Balaban J connectivity index is 1.07. The minimum atomic E-state index is 0.890. The van der Waals surface area contributed by atoms with E-state index in [1.807, 2.05) is 0 Å². The normalized spacial score (nSPS) is 11.8. The van der Waals surface area contributed by atoms with E-state index in [1.165, 1.54) is 65.0 Å². The molecule has 1 heterocycles. The van der Waals surface area contributed by atoms with Crippen molar-refractivity contribution >= 4 is 92.9 Å². The van der Waals surface area contributed by atoms with Crippen molar-refractivity contribution in [3.05, 3.63) is 212 Å². The summed E-state index contributed by atoms with van der Waals surface area (Å²) < 4.78 is 6.44. The van der Waals surface area contributed by atoms with Crippen LogP contribution in [0, 0.1) is 0 Å². The molecule has 0 saturated heterocycles. The summed E-state index contributed by atoms with van der Waals surface area (Å²) in [6, 6.07) is 77.2. The summed E-state index contributed by atoms with van der Waals surface area (Å²) in [5, 5.41) is 14.6. The highest BCUT2D eigenvalue weighted by Crippen LogP contribution is 2.46. The highest BCUT2D eigenvalue weighted by Gasteiger charge is 2.21. The molecule has 0 radical (unpaired) electrons. The smallest absolute Gasteiger partial charge is 0.136 e. The van der Waals surface area contributed by atoms with E-state index in [1.54, 1.807) is 0 Å². The second-order valence-corrected chi connectivity index (χ2v) is 15.3. The second kappa shape index (κ2) is 12.9. The molecule has 0 atom stereocenters. The van der Waals surface area contributed by atoms with Crippen LogP contribution in [0.2, 0.25) is 0 Å². The molecule has 0 unspecified atom stereocenters. The Hall–Kier alpha value is -7.68. The average molecular weight is 738 g/mol. The summed E-state index contributed by atoms with van der Waals surface area (Å²) in [7, 11) is 0. The standard InChI is InChI=1S/C56H35NO/c1-2-14-39-35-56-52(32-38(39)13-1)51-34-41(27-31-55(51)58-56)45-18-9-10-22-53(45)57(54-23-11-21-47-43-16-5-3-12-36(43)26-30-49(47)54)42-28-24-37(25-29-42)50-33-40-15-4-6-17-44(40)46-19-7-8-20-48(46)50/h1-35H. The van der Waals surface area contributed by atoms with E-state index in [0.29, 0.717) is 0 Å². The molecule has 0 spiro atoms. The summed E-state index contributed by atoms with van der Waals surface area (Å²) in [5.74, 6) is 0. The Kier molecular flexibility index (Phi) is 7.26. The zero-order valence-corrected chi connectivity index (χ0v) is 31.6. The molecule has 12 rings (SSSR count). The van der Waals surface area contributed by atoms with Crippen molar-refractivity contribution in [3.63, 3.8) is 0 Å². The van der Waals surface area contributed by atoms with Crippen molar-refractivity contribution in [3.8, 4) is 22.3 Å². The lowest BCUT2D eigenvalue weighted by molar-refractivity contribution is 0.669. The molecule has 0 fully saturated rings. The maximum absolute atomic E-state index is 6.44.